The van der Waals surface area contributed by atoms with Gasteiger partial charge < -0.3 is 14.8 Å². The van der Waals surface area contributed by atoms with E-state index in [0.717, 1.165) is 37.3 Å². The minimum atomic E-state index is 0.00819. The van der Waals surface area contributed by atoms with E-state index in [1.165, 1.54) is 0 Å². The number of methoxy groups -OCH3 is 2. The number of rotatable bonds is 6. The number of benzene rings is 1. The summed E-state index contributed by atoms with van der Waals surface area (Å²) in [7, 11) is 3.33. The van der Waals surface area contributed by atoms with Crippen LogP contribution in [0.1, 0.15) is 23.4 Å². The Kier molecular flexibility index (Phi) is 5.93. The number of halogens is 2. The molecule has 1 heterocycles. The molecular formula is C15H17BrClNO2S. The second kappa shape index (κ2) is 7.49. The topological polar surface area (TPSA) is 30.5 Å². The molecule has 0 amide bonds. The molecule has 0 saturated heterocycles. The van der Waals surface area contributed by atoms with Gasteiger partial charge >= 0.3 is 0 Å². The molecule has 3 nitrogen and oxygen atoms in total. The molecule has 0 aliphatic rings. The molecule has 1 aromatic heterocycles. The van der Waals surface area contributed by atoms with Crippen LogP contribution in [0.3, 0.4) is 0 Å². The van der Waals surface area contributed by atoms with E-state index >= 15 is 0 Å². The van der Waals surface area contributed by atoms with Gasteiger partial charge in [0.25, 0.3) is 0 Å². The van der Waals surface area contributed by atoms with Crippen molar-refractivity contribution in [3.8, 4) is 11.5 Å². The Morgan fingerprint density at radius 2 is 2.05 bits per heavy atom. The molecule has 0 saturated carbocycles. The van der Waals surface area contributed by atoms with Gasteiger partial charge in [-0.15, -0.1) is 11.3 Å². The van der Waals surface area contributed by atoms with Crippen molar-refractivity contribution in [1.82, 2.24) is 5.32 Å². The van der Waals surface area contributed by atoms with Gasteiger partial charge in [0.2, 0.25) is 0 Å². The number of hydrogen-bond donors (Lipinski definition) is 1. The molecule has 114 valence electrons. The number of ether oxygens (including phenoxy) is 2. The highest BCUT2D eigenvalue weighted by atomic mass is 79.9. The second-order valence-electron chi connectivity index (χ2n) is 4.37. The van der Waals surface area contributed by atoms with Crippen molar-refractivity contribution >= 4 is 38.9 Å². The minimum absolute atomic E-state index is 0.00819. The van der Waals surface area contributed by atoms with Gasteiger partial charge in [0.1, 0.15) is 15.8 Å². The Bertz CT molecular complexity index is 598. The predicted molar refractivity (Wildman–Crippen MR) is 92.1 cm³/mol. The molecule has 1 N–H and O–H groups in total. The van der Waals surface area contributed by atoms with Gasteiger partial charge in [-0.2, -0.15) is 0 Å². The van der Waals surface area contributed by atoms with Crippen LogP contribution in [0.15, 0.2) is 28.7 Å². The molecule has 21 heavy (non-hydrogen) atoms. The zero-order chi connectivity index (χ0) is 15.4. The monoisotopic (exact) mass is 389 g/mol. The average molecular weight is 391 g/mol. The van der Waals surface area contributed by atoms with Crippen molar-refractivity contribution < 1.29 is 9.47 Å². The molecule has 0 spiro atoms. The molecule has 0 aliphatic heterocycles. The number of thiophene rings is 1. The molecule has 2 aromatic rings. The molecule has 0 aliphatic carbocycles. The zero-order valence-corrected chi connectivity index (χ0v) is 15.2. The van der Waals surface area contributed by atoms with Crippen LogP contribution >= 0.6 is 38.9 Å². The molecule has 2 rings (SSSR count). The highest BCUT2D eigenvalue weighted by Crippen LogP contribution is 2.40. The smallest absolute Gasteiger partial charge is 0.124 e. The molecule has 1 aromatic carbocycles. The van der Waals surface area contributed by atoms with Crippen molar-refractivity contribution in [3.63, 3.8) is 0 Å². The van der Waals surface area contributed by atoms with Crippen LogP contribution in [-0.4, -0.2) is 20.8 Å². The summed E-state index contributed by atoms with van der Waals surface area (Å²) in [6, 6.07) is 7.85. The summed E-state index contributed by atoms with van der Waals surface area (Å²) in [6.07, 6.45) is 0. The lowest BCUT2D eigenvalue weighted by Crippen LogP contribution is -2.21. The summed E-state index contributed by atoms with van der Waals surface area (Å²) >= 11 is 11.2. The van der Waals surface area contributed by atoms with Gasteiger partial charge in [-0.25, -0.2) is 0 Å². The highest BCUT2D eigenvalue weighted by molar-refractivity contribution is 9.10. The Morgan fingerprint density at radius 3 is 2.57 bits per heavy atom. The predicted octanol–water partition coefficient (Wildman–Crippen LogP) is 4.88. The van der Waals surface area contributed by atoms with Crippen LogP contribution in [0.25, 0.3) is 0 Å². The normalized spacial score (nSPS) is 12.2. The van der Waals surface area contributed by atoms with E-state index < -0.39 is 0 Å². The van der Waals surface area contributed by atoms with Gasteiger partial charge in [-0.3, -0.25) is 0 Å². The van der Waals surface area contributed by atoms with Crippen LogP contribution in [0, 0.1) is 0 Å². The lowest BCUT2D eigenvalue weighted by atomic mass is 10.0. The summed E-state index contributed by atoms with van der Waals surface area (Å²) in [5.41, 5.74) is 1.03. The van der Waals surface area contributed by atoms with Gasteiger partial charge in [0, 0.05) is 14.9 Å². The zero-order valence-electron chi connectivity index (χ0n) is 12.1. The lowest BCUT2D eigenvalue weighted by Gasteiger charge is -2.20. The molecule has 6 heteroatoms. The van der Waals surface area contributed by atoms with E-state index in [9.17, 15) is 0 Å². The van der Waals surface area contributed by atoms with E-state index in [1.54, 1.807) is 25.6 Å². The molecule has 1 unspecified atom stereocenters. The maximum absolute atomic E-state index is 6.18. The molecular weight excluding hydrogens is 374 g/mol. The van der Waals surface area contributed by atoms with E-state index in [-0.39, 0.29) is 6.04 Å². The van der Waals surface area contributed by atoms with E-state index in [2.05, 4.69) is 28.2 Å². The van der Waals surface area contributed by atoms with Gasteiger partial charge in [0.05, 0.1) is 20.3 Å². The lowest BCUT2D eigenvalue weighted by molar-refractivity contribution is 0.394. The first kappa shape index (κ1) is 16.6. The summed E-state index contributed by atoms with van der Waals surface area (Å²) in [6.45, 7) is 2.90. The van der Waals surface area contributed by atoms with Crippen LogP contribution in [0.4, 0.5) is 0 Å². The molecule has 1 atom stereocenters. The maximum atomic E-state index is 6.18. The van der Waals surface area contributed by atoms with Crippen molar-refractivity contribution in [2.24, 2.45) is 0 Å². The fourth-order valence-electron chi connectivity index (χ4n) is 2.14. The van der Waals surface area contributed by atoms with Gasteiger partial charge in [-0.1, -0.05) is 18.5 Å². The fraction of sp³-hybridized carbons (Fsp3) is 0.333. The third kappa shape index (κ3) is 3.72. The quantitative estimate of drug-likeness (QED) is 0.762. The molecule has 0 bridgehead atoms. The van der Waals surface area contributed by atoms with Crippen molar-refractivity contribution in [2.75, 3.05) is 20.8 Å². The summed E-state index contributed by atoms with van der Waals surface area (Å²) in [4.78, 5) is 1.13. The van der Waals surface area contributed by atoms with E-state index in [1.807, 2.05) is 24.3 Å². The Labute approximate surface area is 142 Å². The standard InChI is InChI=1S/C15H17BrClNO2S/c1-4-18-14(13-8-11(16)15(17)21-13)10-7-9(19-2)5-6-12(10)20-3/h5-8,14,18H,4H2,1-3H3. The summed E-state index contributed by atoms with van der Waals surface area (Å²) < 4.78 is 12.5. The second-order valence-corrected chi connectivity index (χ2v) is 6.91. The van der Waals surface area contributed by atoms with Crippen molar-refractivity contribution in [3.05, 3.63) is 43.5 Å². The minimum Gasteiger partial charge on any atom is -0.497 e. The Hall–Kier alpha value is -0.750. The average Bonchev–Trinajstić information content (AvgIpc) is 2.83. The van der Waals surface area contributed by atoms with Crippen molar-refractivity contribution in [1.29, 1.82) is 0 Å². The third-order valence-corrected chi connectivity index (χ3v) is 5.64. The highest BCUT2D eigenvalue weighted by Gasteiger charge is 2.21. The number of hydrogen-bond acceptors (Lipinski definition) is 4. The third-order valence-electron chi connectivity index (χ3n) is 3.10. The fourth-order valence-corrected chi connectivity index (χ4v) is 3.97. The maximum Gasteiger partial charge on any atom is 0.124 e. The first-order chi connectivity index (χ1) is 10.1. The Morgan fingerprint density at radius 1 is 1.29 bits per heavy atom. The van der Waals surface area contributed by atoms with Crippen LogP contribution in [0.5, 0.6) is 11.5 Å². The molecule has 0 fully saturated rings. The summed E-state index contributed by atoms with van der Waals surface area (Å²) in [5.74, 6) is 1.62. The van der Waals surface area contributed by atoms with E-state index in [4.69, 9.17) is 21.1 Å². The van der Waals surface area contributed by atoms with Crippen LogP contribution < -0.4 is 14.8 Å². The number of nitrogens with one attached hydrogen (secondary N) is 1. The van der Waals surface area contributed by atoms with Gasteiger partial charge in [0.15, 0.2) is 0 Å². The largest absolute Gasteiger partial charge is 0.497 e. The van der Waals surface area contributed by atoms with Gasteiger partial charge in [-0.05, 0) is 46.7 Å². The first-order valence-electron chi connectivity index (χ1n) is 6.50. The first-order valence-corrected chi connectivity index (χ1v) is 8.49. The van der Waals surface area contributed by atoms with Crippen LogP contribution in [0.2, 0.25) is 4.34 Å². The molecule has 0 radical (unpaired) electrons. The summed E-state index contributed by atoms with van der Waals surface area (Å²) in [5, 5.41) is 3.48. The van der Waals surface area contributed by atoms with E-state index in [0.29, 0.717) is 0 Å². The van der Waals surface area contributed by atoms with Crippen LogP contribution in [-0.2, 0) is 0 Å². The van der Waals surface area contributed by atoms with Crippen molar-refractivity contribution in [2.45, 2.75) is 13.0 Å². The SMILES string of the molecule is CCNC(c1cc(Br)c(Cl)s1)c1cc(OC)ccc1OC. The Balaban J connectivity index is 2.51.